The van der Waals surface area contributed by atoms with E-state index >= 15 is 0 Å². The molecule has 4 unspecified atom stereocenters. The van der Waals surface area contributed by atoms with Crippen LogP contribution in [0.5, 0.6) is 0 Å². The van der Waals surface area contributed by atoms with E-state index in [-0.39, 0.29) is 29.7 Å². The predicted octanol–water partition coefficient (Wildman–Crippen LogP) is 6.39. The van der Waals surface area contributed by atoms with Crippen molar-refractivity contribution in [3.63, 3.8) is 0 Å². The summed E-state index contributed by atoms with van der Waals surface area (Å²) in [5.74, 6) is 1.37. The summed E-state index contributed by atoms with van der Waals surface area (Å²) in [6.45, 7) is 1.73. The number of benzene rings is 3. The third kappa shape index (κ3) is 7.59. The van der Waals surface area contributed by atoms with Crippen molar-refractivity contribution < 1.29 is 33.4 Å². The highest BCUT2D eigenvalue weighted by atomic mass is 16.5. The lowest BCUT2D eigenvalue weighted by Crippen LogP contribution is -2.56. The number of aromatic nitrogens is 4. The number of nitrogens with one attached hydrogen (secondary N) is 4. The third-order valence-corrected chi connectivity index (χ3v) is 12.9. The molecule has 4 aliphatic rings. The maximum absolute atomic E-state index is 13.9. The lowest BCUT2D eigenvalue weighted by molar-refractivity contribution is -0.145. The van der Waals surface area contributed by atoms with E-state index in [1.807, 2.05) is 17.2 Å². The number of methoxy groups -OCH3 is 2. The van der Waals surface area contributed by atoms with Gasteiger partial charge in [0.05, 0.1) is 56.4 Å². The molecule has 2 saturated carbocycles. The Bertz CT molecular complexity index is 2380. The molecule has 0 bridgehead atoms. The number of amides is 4. The van der Waals surface area contributed by atoms with E-state index in [4.69, 9.17) is 24.2 Å². The summed E-state index contributed by atoms with van der Waals surface area (Å²) in [7, 11) is 2.63. The molecule has 59 heavy (non-hydrogen) atoms. The van der Waals surface area contributed by atoms with Crippen molar-refractivity contribution in [1.82, 2.24) is 40.4 Å². The number of rotatable bonds is 10. The average molecular weight is 803 g/mol. The highest BCUT2D eigenvalue weighted by Gasteiger charge is 2.42. The van der Waals surface area contributed by atoms with E-state index < -0.39 is 30.3 Å². The highest BCUT2D eigenvalue weighted by Crippen LogP contribution is 2.37. The zero-order valence-corrected chi connectivity index (χ0v) is 33.4. The van der Waals surface area contributed by atoms with Crippen LogP contribution in [0.4, 0.5) is 9.59 Å². The van der Waals surface area contributed by atoms with Crippen molar-refractivity contribution in [2.45, 2.75) is 75.5 Å². The van der Waals surface area contributed by atoms with Crippen LogP contribution in [-0.4, -0.2) is 106 Å². The van der Waals surface area contributed by atoms with Crippen molar-refractivity contribution >= 4 is 45.8 Å². The lowest BCUT2D eigenvalue weighted by Gasteiger charge is -2.40. The molecule has 15 nitrogen and oxygen atoms in total. The Hall–Kier alpha value is -5.96. The van der Waals surface area contributed by atoms with Gasteiger partial charge in [0.1, 0.15) is 29.8 Å². The first kappa shape index (κ1) is 38.6. The number of aromatic amines is 2. The molecule has 4 fully saturated rings. The summed E-state index contributed by atoms with van der Waals surface area (Å²) >= 11 is 0. The Labute approximate surface area is 341 Å². The van der Waals surface area contributed by atoms with Gasteiger partial charge in [0.2, 0.25) is 11.8 Å². The summed E-state index contributed by atoms with van der Waals surface area (Å²) in [5.41, 5.74) is 5.57. The molecular weight excluding hydrogens is 753 g/mol. The number of carbonyl (C=O) groups excluding carboxylic acids is 4. The van der Waals surface area contributed by atoms with Crippen LogP contribution in [0.1, 0.15) is 75.1 Å². The van der Waals surface area contributed by atoms with E-state index in [1.54, 1.807) is 4.90 Å². The molecule has 4 N–H and O–H groups in total. The molecule has 4 atom stereocenters. The quantitative estimate of drug-likeness (QED) is 0.124. The molecule has 3 aromatic carbocycles. The summed E-state index contributed by atoms with van der Waals surface area (Å²) in [6, 6.07) is 17.0. The average Bonchev–Trinajstić information content (AvgIpc) is 4.01. The second kappa shape index (κ2) is 16.4. The number of likely N-dealkylation sites (tertiary alicyclic amines) is 1. The van der Waals surface area contributed by atoms with Crippen LogP contribution in [0.3, 0.4) is 0 Å². The largest absolute Gasteiger partial charge is 0.453 e. The van der Waals surface area contributed by atoms with Crippen molar-refractivity contribution in [2.75, 3.05) is 40.5 Å². The minimum atomic E-state index is -0.651. The van der Waals surface area contributed by atoms with E-state index in [2.05, 4.69) is 69.1 Å². The molecule has 2 aliphatic heterocycles. The van der Waals surface area contributed by atoms with Gasteiger partial charge in [0.15, 0.2) is 0 Å². The fourth-order valence-corrected chi connectivity index (χ4v) is 9.06. The Morgan fingerprint density at radius 2 is 1.32 bits per heavy atom. The summed E-state index contributed by atoms with van der Waals surface area (Å²) in [5, 5.41) is 7.75. The number of carbonyl (C=O) groups is 4. The van der Waals surface area contributed by atoms with Crippen LogP contribution < -0.4 is 10.6 Å². The maximum atomic E-state index is 13.9. The molecule has 15 heteroatoms. The SMILES string of the molecule is COC(=O)NC(C(=O)N1CCCC1c1ncc(-c2ccc3cc(-c4ccc5nc(C6COCCN6C(=O)C(NC(=O)OC)C6CCC6)[nH]c5c4)ccc3c2)[nH]1)C1CCC1. The maximum Gasteiger partial charge on any atom is 0.407 e. The minimum Gasteiger partial charge on any atom is -0.453 e. The van der Waals surface area contributed by atoms with Crippen LogP contribution in [0.15, 0.2) is 60.8 Å². The number of hydrogen-bond donors (Lipinski definition) is 4. The molecule has 0 spiro atoms. The van der Waals surface area contributed by atoms with Crippen LogP contribution in [-0.2, 0) is 23.8 Å². The number of hydrogen-bond acceptors (Lipinski definition) is 9. The van der Waals surface area contributed by atoms with Crippen LogP contribution >= 0.6 is 0 Å². The second-order valence-corrected chi connectivity index (χ2v) is 16.2. The first-order valence-corrected chi connectivity index (χ1v) is 20.7. The normalized spacial score (nSPS) is 20.8. The Morgan fingerprint density at radius 1 is 0.712 bits per heavy atom. The summed E-state index contributed by atoms with van der Waals surface area (Å²) in [6.07, 6.45) is 7.98. The molecule has 4 heterocycles. The number of fused-ring (bicyclic) bond motifs is 2. The van der Waals surface area contributed by atoms with Gasteiger partial charge in [0, 0.05) is 18.7 Å². The van der Waals surface area contributed by atoms with Crippen LogP contribution in [0.2, 0.25) is 0 Å². The number of nitrogens with zero attached hydrogens (tertiary/aromatic N) is 4. The highest BCUT2D eigenvalue weighted by molar-refractivity contribution is 5.92. The van der Waals surface area contributed by atoms with Gasteiger partial charge < -0.3 is 44.6 Å². The molecule has 2 saturated heterocycles. The fraction of sp³-hybridized carbons (Fsp3) is 0.455. The van der Waals surface area contributed by atoms with Gasteiger partial charge in [-0.1, -0.05) is 43.2 Å². The van der Waals surface area contributed by atoms with Crippen molar-refractivity contribution in [2.24, 2.45) is 11.8 Å². The van der Waals surface area contributed by atoms with Gasteiger partial charge in [-0.15, -0.1) is 0 Å². The molecule has 0 radical (unpaired) electrons. The molecule has 9 rings (SSSR count). The standard InChI is InChI=1S/C44H50N8O7/c1-57-43(55)49-37(25-6-3-7-25)41(53)51-17-5-10-35(51)39-45-23-34(48-39)31-14-13-27-20-28(11-12-29(27)21-31)30-15-16-32-33(22-30)47-40(46-32)36-24-59-19-18-52(36)42(54)38(26-8-4-9-26)50-44(56)58-2/h11-16,20-23,25-26,35-38H,3-10,17-19,24H2,1-2H3,(H,45,48)(H,46,47)(H,49,55)(H,50,56). The van der Waals surface area contributed by atoms with Crippen LogP contribution in [0.25, 0.3) is 44.2 Å². The van der Waals surface area contributed by atoms with E-state index in [9.17, 15) is 19.2 Å². The number of H-pyrrole nitrogens is 2. The topological polar surface area (TPSA) is 184 Å². The van der Waals surface area contributed by atoms with E-state index in [1.165, 1.54) is 14.2 Å². The molecular formula is C44H50N8O7. The Kier molecular flexibility index (Phi) is 10.7. The predicted molar refractivity (Wildman–Crippen MR) is 219 cm³/mol. The lowest BCUT2D eigenvalue weighted by atomic mass is 9.79. The zero-order chi connectivity index (χ0) is 40.6. The molecule has 5 aromatic rings. The van der Waals surface area contributed by atoms with Gasteiger partial charge in [-0.25, -0.2) is 19.6 Å². The van der Waals surface area contributed by atoms with Gasteiger partial charge in [-0.3, -0.25) is 9.59 Å². The van der Waals surface area contributed by atoms with E-state index in [0.29, 0.717) is 32.1 Å². The van der Waals surface area contributed by atoms with E-state index in [0.717, 1.165) is 101 Å². The van der Waals surface area contributed by atoms with Crippen molar-refractivity contribution in [1.29, 1.82) is 0 Å². The first-order valence-electron chi connectivity index (χ1n) is 20.7. The van der Waals surface area contributed by atoms with Crippen molar-refractivity contribution in [3.8, 4) is 22.4 Å². The van der Waals surface area contributed by atoms with Gasteiger partial charge in [0.25, 0.3) is 0 Å². The molecule has 2 aromatic heterocycles. The summed E-state index contributed by atoms with van der Waals surface area (Å²) in [4.78, 5) is 72.3. The minimum absolute atomic E-state index is 0.0740. The van der Waals surface area contributed by atoms with Crippen molar-refractivity contribution in [3.05, 3.63) is 72.4 Å². The van der Waals surface area contributed by atoms with Gasteiger partial charge in [-0.2, -0.15) is 0 Å². The zero-order valence-electron chi connectivity index (χ0n) is 33.4. The number of morpholine rings is 1. The monoisotopic (exact) mass is 802 g/mol. The first-order chi connectivity index (χ1) is 28.8. The third-order valence-electron chi connectivity index (χ3n) is 12.9. The molecule has 2 aliphatic carbocycles. The van der Waals surface area contributed by atoms with Gasteiger partial charge >= 0.3 is 12.2 Å². The number of imidazole rings is 2. The van der Waals surface area contributed by atoms with Crippen LogP contribution in [0, 0.1) is 11.8 Å². The number of alkyl carbamates (subject to hydrolysis) is 2. The van der Waals surface area contributed by atoms with Gasteiger partial charge in [-0.05, 0) is 96.5 Å². The second-order valence-electron chi connectivity index (χ2n) is 16.2. The Balaban J connectivity index is 0.910. The fourth-order valence-electron chi connectivity index (χ4n) is 9.06. The smallest absolute Gasteiger partial charge is 0.407 e. The molecule has 308 valence electrons. The number of ether oxygens (including phenoxy) is 3. The molecule has 4 amide bonds. The summed E-state index contributed by atoms with van der Waals surface area (Å²) < 4.78 is 15.5. The Morgan fingerprint density at radius 3 is 1.97 bits per heavy atom.